The van der Waals surface area contributed by atoms with E-state index < -0.39 is 21.7 Å². The van der Waals surface area contributed by atoms with Crippen LogP contribution in [-0.4, -0.2) is 46.8 Å². The zero-order chi connectivity index (χ0) is 20.4. The number of halogens is 2. The van der Waals surface area contributed by atoms with E-state index in [0.29, 0.717) is 11.4 Å². The number of sulfonamides is 1. The quantitative estimate of drug-likeness (QED) is 0.790. The molecular weight excluding hydrogens is 393 g/mol. The number of carbonyl (C=O) groups excluding carboxylic acids is 1. The van der Waals surface area contributed by atoms with E-state index in [9.17, 15) is 17.6 Å². The molecule has 0 aliphatic rings. The Labute approximate surface area is 163 Å². The Bertz CT molecular complexity index is 942. The summed E-state index contributed by atoms with van der Waals surface area (Å²) in [6, 6.07) is 8.63. The minimum Gasteiger partial charge on any atom is -0.376 e. The molecule has 0 bridgehead atoms. The van der Waals surface area contributed by atoms with Crippen molar-refractivity contribution in [2.45, 2.75) is 11.3 Å². The molecule has 1 N–H and O–H groups in total. The van der Waals surface area contributed by atoms with Crippen molar-refractivity contribution in [2.24, 2.45) is 0 Å². The summed E-state index contributed by atoms with van der Waals surface area (Å²) in [5.74, 6) is -1.08. The van der Waals surface area contributed by atoms with E-state index in [2.05, 4.69) is 5.32 Å². The molecule has 0 aliphatic carbocycles. The van der Waals surface area contributed by atoms with Gasteiger partial charge in [-0.15, -0.1) is 0 Å². The molecule has 0 heterocycles. The summed E-state index contributed by atoms with van der Waals surface area (Å²) in [6.07, 6.45) is -0.275. The van der Waals surface area contributed by atoms with Gasteiger partial charge in [-0.25, -0.2) is 17.1 Å². The van der Waals surface area contributed by atoms with Crippen LogP contribution in [0, 0.1) is 5.82 Å². The molecule has 0 spiro atoms. The number of amides is 1. The summed E-state index contributed by atoms with van der Waals surface area (Å²) >= 11 is 5.97. The zero-order valence-electron chi connectivity index (χ0n) is 15.5. The van der Waals surface area contributed by atoms with Crippen molar-refractivity contribution in [3.05, 3.63) is 52.8 Å². The van der Waals surface area contributed by atoms with E-state index in [-0.39, 0.29) is 21.9 Å². The number of hydrogen-bond acceptors (Lipinski definition) is 4. The predicted octanol–water partition coefficient (Wildman–Crippen LogP) is 2.98. The maximum Gasteiger partial charge on any atom is 0.242 e. The van der Waals surface area contributed by atoms with E-state index in [4.69, 9.17) is 11.6 Å². The second kappa shape index (κ2) is 8.24. The number of carbonyl (C=O) groups is 1. The van der Waals surface area contributed by atoms with E-state index in [1.54, 1.807) is 25.1 Å². The van der Waals surface area contributed by atoms with E-state index in [0.717, 1.165) is 4.31 Å². The normalized spacial score (nSPS) is 11.5. The van der Waals surface area contributed by atoms with Crippen LogP contribution in [0.25, 0.3) is 0 Å². The smallest absolute Gasteiger partial charge is 0.242 e. The van der Waals surface area contributed by atoms with Gasteiger partial charge < -0.3 is 10.2 Å². The van der Waals surface area contributed by atoms with E-state index >= 15 is 0 Å². The molecule has 2 aromatic carbocycles. The number of anilines is 2. The molecule has 2 aromatic rings. The average molecular weight is 414 g/mol. The minimum absolute atomic E-state index is 0.0392. The summed E-state index contributed by atoms with van der Waals surface area (Å²) in [7, 11) is 2.71. The zero-order valence-corrected chi connectivity index (χ0v) is 17.0. The number of benzene rings is 2. The van der Waals surface area contributed by atoms with Gasteiger partial charge in [0.2, 0.25) is 15.9 Å². The van der Waals surface area contributed by atoms with Gasteiger partial charge >= 0.3 is 0 Å². The molecule has 1 amide bonds. The van der Waals surface area contributed by atoms with Crippen molar-refractivity contribution in [3.63, 3.8) is 0 Å². The lowest BCUT2D eigenvalue weighted by Crippen LogP contribution is -2.23. The number of nitrogens with one attached hydrogen (secondary N) is 1. The Morgan fingerprint density at radius 3 is 2.37 bits per heavy atom. The third-order valence-electron chi connectivity index (χ3n) is 3.90. The number of hydrogen-bond donors (Lipinski definition) is 1. The molecule has 9 heteroatoms. The van der Waals surface area contributed by atoms with Gasteiger partial charge in [-0.3, -0.25) is 4.79 Å². The Morgan fingerprint density at radius 2 is 1.81 bits per heavy atom. The minimum atomic E-state index is -3.67. The maximum absolute atomic E-state index is 13.9. The van der Waals surface area contributed by atoms with Crippen LogP contribution >= 0.6 is 11.6 Å². The van der Waals surface area contributed by atoms with Crippen LogP contribution in [0.2, 0.25) is 5.02 Å². The molecule has 0 saturated carbocycles. The van der Waals surface area contributed by atoms with Crippen molar-refractivity contribution in [1.82, 2.24) is 4.31 Å². The molecule has 2 rings (SSSR count). The number of rotatable bonds is 6. The highest BCUT2D eigenvalue weighted by atomic mass is 35.5. The molecule has 0 aliphatic heterocycles. The van der Waals surface area contributed by atoms with Gasteiger partial charge in [0.25, 0.3) is 0 Å². The molecule has 0 radical (unpaired) electrons. The van der Waals surface area contributed by atoms with E-state index in [1.165, 1.54) is 44.4 Å². The second-order valence-electron chi connectivity index (χ2n) is 6.29. The Hall–Kier alpha value is -2.16. The van der Waals surface area contributed by atoms with Gasteiger partial charge in [-0.2, -0.15) is 0 Å². The summed E-state index contributed by atoms with van der Waals surface area (Å²) < 4.78 is 39.7. The Kier molecular flexibility index (Phi) is 6.46. The fourth-order valence-electron chi connectivity index (χ4n) is 2.43. The SMILES string of the molecule is CN(C)c1ccc(S(=O)(=O)N(C)C)cc1NC(=O)Cc1c(F)cccc1Cl. The summed E-state index contributed by atoms with van der Waals surface area (Å²) in [5.41, 5.74) is 1.00. The highest BCUT2D eigenvalue weighted by molar-refractivity contribution is 7.89. The molecular formula is C18H21ClFN3O3S. The molecule has 27 heavy (non-hydrogen) atoms. The first kappa shape index (κ1) is 21.1. The molecule has 0 atom stereocenters. The van der Waals surface area contributed by atoms with Crippen molar-refractivity contribution >= 4 is 38.9 Å². The summed E-state index contributed by atoms with van der Waals surface area (Å²) in [5, 5.41) is 2.81. The first-order valence-corrected chi connectivity index (χ1v) is 9.82. The van der Waals surface area contributed by atoms with Gasteiger partial charge in [0.05, 0.1) is 22.7 Å². The van der Waals surface area contributed by atoms with E-state index in [1.807, 2.05) is 0 Å². The van der Waals surface area contributed by atoms with Crippen LogP contribution in [0.15, 0.2) is 41.3 Å². The first-order chi connectivity index (χ1) is 12.5. The van der Waals surface area contributed by atoms with Crippen molar-refractivity contribution in [1.29, 1.82) is 0 Å². The molecule has 0 saturated heterocycles. The summed E-state index contributed by atoms with van der Waals surface area (Å²) in [6.45, 7) is 0. The highest BCUT2D eigenvalue weighted by Gasteiger charge is 2.20. The fraction of sp³-hybridized carbons (Fsp3) is 0.278. The van der Waals surface area contributed by atoms with Crippen LogP contribution in [0.4, 0.5) is 15.8 Å². The lowest BCUT2D eigenvalue weighted by Gasteiger charge is -2.20. The van der Waals surface area contributed by atoms with Crippen molar-refractivity contribution in [3.8, 4) is 0 Å². The lowest BCUT2D eigenvalue weighted by molar-refractivity contribution is -0.115. The molecule has 0 aromatic heterocycles. The van der Waals surface area contributed by atoms with Crippen LogP contribution in [0.3, 0.4) is 0 Å². The van der Waals surface area contributed by atoms with Gasteiger partial charge in [0.1, 0.15) is 5.82 Å². The monoisotopic (exact) mass is 413 g/mol. The fourth-order valence-corrected chi connectivity index (χ4v) is 3.59. The van der Waals surface area contributed by atoms with Gasteiger partial charge in [-0.1, -0.05) is 17.7 Å². The highest BCUT2D eigenvalue weighted by Crippen LogP contribution is 2.29. The largest absolute Gasteiger partial charge is 0.376 e. The Balaban J connectivity index is 2.37. The second-order valence-corrected chi connectivity index (χ2v) is 8.85. The Morgan fingerprint density at radius 1 is 1.15 bits per heavy atom. The van der Waals surface area contributed by atoms with Crippen LogP contribution < -0.4 is 10.2 Å². The van der Waals surface area contributed by atoms with Crippen molar-refractivity contribution < 1.29 is 17.6 Å². The van der Waals surface area contributed by atoms with Crippen LogP contribution in [-0.2, 0) is 21.2 Å². The molecule has 6 nitrogen and oxygen atoms in total. The lowest BCUT2D eigenvalue weighted by atomic mass is 10.1. The standard InChI is InChI=1S/C18H21ClFN3O3S/c1-22(2)17-9-8-12(27(25,26)23(3)4)10-16(17)21-18(24)11-13-14(19)6-5-7-15(13)20/h5-10H,11H2,1-4H3,(H,21,24). The van der Waals surface area contributed by atoms with Crippen LogP contribution in [0.5, 0.6) is 0 Å². The van der Waals surface area contributed by atoms with Crippen LogP contribution in [0.1, 0.15) is 5.56 Å². The number of nitrogens with zero attached hydrogens (tertiary/aromatic N) is 2. The third-order valence-corrected chi connectivity index (χ3v) is 6.07. The van der Waals surface area contributed by atoms with Gasteiger partial charge in [0.15, 0.2) is 0 Å². The molecule has 0 fully saturated rings. The first-order valence-electron chi connectivity index (χ1n) is 8.00. The third kappa shape index (κ3) is 4.77. The topological polar surface area (TPSA) is 69.7 Å². The average Bonchev–Trinajstić information content (AvgIpc) is 2.57. The molecule has 0 unspecified atom stereocenters. The van der Waals surface area contributed by atoms with Gasteiger partial charge in [0, 0.05) is 38.8 Å². The predicted molar refractivity (Wildman–Crippen MR) is 105 cm³/mol. The summed E-state index contributed by atoms with van der Waals surface area (Å²) in [4.78, 5) is 14.2. The molecule has 146 valence electrons. The van der Waals surface area contributed by atoms with Gasteiger partial charge in [-0.05, 0) is 30.3 Å². The van der Waals surface area contributed by atoms with Crippen molar-refractivity contribution in [2.75, 3.05) is 38.4 Å². The maximum atomic E-state index is 13.9.